The minimum absolute atomic E-state index is 0.0365. The van der Waals surface area contributed by atoms with Gasteiger partial charge in [0.15, 0.2) is 17.3 Å². The van der Waals surface area contributed by atoms with Crippen molar-refractivity contribution in [2.45, 2.75) is 26.2 Å². The summed E-state index contributed by atoms with van der Waals surface area (Å²) in [4.78, 5) is 24.9. The van der Waals surface area contributed by atoms with Crippen molar-refractivity contribution in [2.75, 3.05) is 13.9 Å². The molecule has 2 aromatic carbocycles. The summed E-state index contributed by atoms with van der Waals surface area (Å²) >= 11 is 0. The maximum Gasteiger partial charge on any atom is 0.313 e. The summed E-state index contributed by atoms with van der Waals surface area (Å²) in [5.41, 5.74) is 3.44. The Morgan fingerprint density at radius 1 is 1.04 bits per heavy atom. The quantitative estimate of drug-likeness (QED) is 0.615. The first kappa shape index (κ1) is 17.0. The lowest BCUT2D eigenvalue weighted by atomic mass is 9.90. The summed E-state index contributed by atoms with van der Waals surface area (Å²) in [5.74, 6) is -0.0290. The van der Waals surface area contributed by atoms with Gasteiger partial charge in [-0.2, -0.15) is 0 Å². The lowest BCUT2D eigenvalue weighted by molar-refractivity contribution is -0.142. The summed E-state index contributed by atoms with van der Waals surface area (Å²) in [6.45, 7) is 4.11. The van der Waals surface area contributed by atoms with E-state index in [2.05, 4.69) is 0 Å². The zero-order valence-electron chi connectivity index (χ0n) is 14.5. The predicted molar refractivity (Wildman–Crippen MR) is 92.2 cm³/mol. The average Bonchev–Trinajstić information content (AvgIpc) is 3.08. The Balaban J connectivity index is 1.87. The molecule has 1 heterocycles. The van der Waals surface area contributed by atoms with Gasteiger partial charge in [0.05, 0.1) is 13.0 Å². The van der Waals surface area contributed by atoms with Gasteiger partial charge in [-0.25, -0.2) is 0 Å². The molecule has 130 valence electrons. The average molecular weight is 340 g/mol. The van der Waals surface area contributed by atoms with E-state index in [1.165, 1.54) is 7.11 Å². The number of benzene rings is 2. The molecule has 3 rings (SSSR count). The normalized spacial score (nSPS) is 13.4. The Labute approximate surface area is 146 Å². The van der Waals surface area contributed by atoms with E-state index in [0.29, 0.717) is 22.6 Å². The zero-order chi connectivity index (χ0) is 18.0. The molecular formula is C20H20O5. The van der Waals surface area contributed by atoms with E-state index in [1.807, 2.05) is 26.0 Å². The van der Waals surface area contributed by atoms with Crippen LogP contribution in [0.2, 0.25) is 0 Å². The summed E-state index contributed by atoms with van der Waals surface area (Å²) in [6, 6.07) is 10.8. The number of rotatable bonds is 5. The molecule has 1 atom stereocenters. The second kappa shape index (κ2) is 6.97. The van der Waals surface area contributed by atoms with Gasteiger partial charge >= 0.3 is 5.97 Å². The molecule has 0 bridgehead atoms. The van der Waals surface area contributed by atoms with Crippen LogP contribution in [0.25, 0.3) is 0 Å². The van der Waals surface area contributed by atoms with Crippen LogP contribution in [0.4, 0.5) is 0 Å². The Bertz CT molecular complexity index is 825. The maximum atomic E-state index is 12.7. The molecule has 0 aliphatic carbocycles. The lowest BCUT2D eigenvalue weighted by Gasteiger charge is -2.15. The largest absolute Gasteiger partial charge is 0.469 e. The van der Waals surface area contributed by atoms with Crippen molar-refractivity contribution in [3.05, 3.63) is 58.7 Å². The lowest BCUT2D eigenvalue weighted by Crippen LogP contribution is -2.18. The van der Waals surface area contributed by atoms with E-state index in [9.17, 15) is 9.59 Å². The number of esters is 1. The summed E-state index contributed by atoms with van der Waals surface area (Å²) in [5, 5.41) is 0. The van der Waals surface area contributed by atoms with E-state index in [-0.39, 0.29) is 19.0 Å². The molecule has 0 saturated heterocycles. The molecule has 0 spiro atoms. The number of fused-ring (bicyclic) bond motifs is 1. The van der Waals surface area contributed by atoms with Crippen molar-refractivity contribution >= 4 is 11.8 Å². The van der Waals surface area contributed by atoms with Crippen molar-refractivity contribution < 1.29 is 23.8 Å². The number of ether oxygens (including phenoxy) is 3. The first-order valence-electron chi connectivity index (χ1n) is 8.07. The van der Waals surface area contributed by atoms with Crippen molar-refractivity contribution in [1.29, 1.82) is 0 Å². The van der Waals surface area contributed by atoms with Gasteiger partial charge in [0.25, 0.3) is 0 Å². The fourth-order valence-electron chi connectivity index (χ4n) is 2.83. The monoisotopic (exact) mass is 340 g/mol. The summed E-state index contributed by atoms with van der Waals surface area (Å²) in [6.07, 6.45) is 0.0365. The topological polar surface area (TPSA) is 61.8 Å². The highest BCUT2D eigenvalue weighted by molar-refractivity contribution is 5.99. The fourth-order valence-corrected chi connectivity index (χ4v) is 2.83. The van der Waals surface area contributed by atoms with Gasteiger partial charge < -0.3 is 14.2 Å². The molecule has 5 heteroatoms. The number of hydrogen-bond acceptors (Lipinski definition) is 5. The molecule has 2 aromatic rings. The van der Waals surface area contributed by atoms with E-state index in [4.69, 9.17) is 14.2 Å². The maximum absolute atomic E-state index is 12.7. The minimum Gasteiger partial charge on any atom is -0.469 e. The SMILES string of the molecule is COC(=O)C(CC(=O)c1ccc(C)c(C)c1)c1ccc2c(c1)OCO2. The number of Topliss-reactive ketones (excluding diaryl/α,β-unsaturated/α-hetero) is 1. The molecule has 0 radical (unpaired) electrons. The molecule has 0 amide bonds. The van der Waals surface area contributed by atoms with Crippen LogP contribution in [0.1, 0.15) is 39.4 Å². The van der Waals surface area contributed by atoms with Crippen LogP contribution >= 0.6 is 0 Å². The number of methoxy groups -OCH3 is 1. The Morgan fingerprint density at radius 3 is 2.52 bits per heavy atom. The smallest absolute Gasteiger partial charge is 0.313 e. The van der Waals surface area contributed by atoms with Gasteiger partial charge in [-0.15, -0.1) is 0 Å². The molecular weight excluding hydrogens is 320 g/mol. The fraction of sp³-hybridized carbons (Fsp3) is 0.300. The van der Waals surface area contributed by atoms with Crippen molar-refractivity contribution in [2.24, 2.45) is 0 Å². The molecule has 0 aromatic heterocycles. The zero-order valence-corrected chi connectivity index (χ0v) is 14.5. The van der Waals surface area contributed by atoms with E-state index >= 15 is 0 Å². The third-order valence-corrected chi connectivity index (χ3v) is 4.50. The van der Waals surface area contributed by atoms with Crippen molar-refractivity contribution in [1.82, 2.24) is 0 Å². The van der Waals surface area contributed by atoms with E-state index < -0.39 is 11.9 Å². The van der Waals surface area contributed by atoms with Gasteiger partial charge in [0, 0.05) is 12.0 Å². The third kappa shape index (κ3) is 3.50. The highest BCUT2D eigenvalue weighted by atomic mass is 16.7. The summed E-state index contributed by atoms with van der Waals surface area (Å²) in [7, 11) is 1.32. The minimum atomic E-state index is -0.686. The highest BCUT2D eigenvalue weighted by Crippen LogP contribution is 2.36. The Morgan fingerprint density at radius 2 is 1.80 bits per heavy atom. The van der Waals surface area contributed by atoms with Gasteiger partial charge in [-0.05, 0) is 48.7 Å². The molecule has 0 fully saturated rings. The van der Waals surface area contributed by atoms with Crippen molar-refractivity contribution in [3.8, 4) is 11.5 Å². The Hall–Kier alpha value is -2.82. The Kier molecular flexibility index (Phi) is 4.74. The number of ketones is 1. The number of hydrogen-bond donors (Lipinski definition) is 0. The second-order valence-corrected chi connectivity index (χ2v) is 6.11. The first-order chi connectivity index (χ1) is 12.0. The number of aryl methyl sites for hydroxylation is 2. The van der Waals surface area contributed by atoms with Crippen LogP contribution < -0.4 is 9.47 Å². The van der Waals surface area contributed by atoms with Crippen LogP contribution in [0.5, 0.6) is 11.5 Å². The third-order valence-electron chi connectivity index (χ3n) is 4.50. The molecule has 0 saturated carbocycles. The molecule has 25 heavy (non-hydrogen) atoms. The first-order valence-corrected chi connectivity index (χ1v) is 8.07. The molecule has 0 N–H and O–H groups in total. The van der Waals surface area contributed by atoms with Gasteiger partial charge in [0.1, 0.15) is 0 Å². The molecule has 1 aliphatic rings. The van der Waals surface area contributed by atoms with Crippen molar-refractivity contribution in [3.63, 3.8) is 0 Å². The van der Waals surface area contributed by atoms with E-state index in [1.54, 1.807) is 24.3 Å². The number of carbonyl (C=O) groups is 2. The summed E-state index contributed by atoms with van der Waals surface area (Å²) < 4.78 is 15.6. The predicted octanol–water partition coefficient (Wildman–Crippen LogP) is 3.56. The second-order valence-electron chi connectivity index (χ2n) is 6.11. The molecule has 1 aliphatic heterocycles. The van der Waals surface area contributed by atoms with Gasteiger partial charge in [0.2, 0.25) is 6.79 Å². The van der Waals surface area contributed by atoms with Crippen LogP contribution in [-0.4, -0.2) is 25.7 Å². The standard InChI is InChI=1S/C20H20O5/c1-12-4-5-15(8-13(12)2)17(21)10-16(20(22)23-3)14-6-7-18-19(9-14)25-11-24-18/h4-9,16H,10-11H2,1-3H3. The number of carbonyl (C=O) groups excluding carboxylic acids is 2. The van der Waals surface area contributed by atoms with Crippen LogP contribution in [-0.2, 0) is 9.53 Å². The molecule has 5 nitrogen and oxygen atoms in total. The van der Waals surface area contributed by atoms with Crippen LogP contribution in [0.3, 0.4) is 0 Å². The van der Waals surface area contributed by atoms with Gasteiger partial charge in [-0.1, -0.05) is 18.2 Å². The molecule has 1 unspecified atom stereocenters. The van der Waals surface area contributed by atoms with Crippen LogP contribution in [0, 0.1) is 13.8 Å². The van der Waals surface area contributed by atoms with Gasteiger partial charge in [-0.3, -0.25) is 9.59 Å². The highest BCUT2D eigenvalue weighted by Gasteiger charge is 2.27. The van der Waals surface area contributed by atoms with Crippen LogP contribution in [0.15, 0.2) is 36.4 Å². The van der Waals surface area contributed by atoms with E-state index in [0.717, 1.165) is 11.1 Å².